The van der Waals surface area contributed by atoms with E-state index >= 15 is 0 Å². The van der Waals surface area contributed by atoms with Crippen LogP contribution in [0.2, 0.25) is 0 Å². The molecule has 2 aromatic heterocycles. The van der Waals surface area contributed by atoms with Gasteiger partial charge in [-0.05, 0) is 13.8 Å². The van der Waals surface area contributed by atoms with Gasteiger partial charge in [0.2, 0.25) is 5.88 Å². The van der Waals surface area contributed by atoms with E-state index < -0.39 is 0 Å². The first-order chi connectivity index (χ1) is 8.63. The molecule has 0 fully saturated rings. The number of aromatic amines is 1. The molecule has 0 amide bonds. The molecule has 2 rings (SSSR count). The Kier molecular flexibility index (Phi) is 3.61. The quantitative estimate of drug-likeness (QED) is 0.816. The topological polar surface area (TPSA) is 80.7 Å². The van der Waals surface area contributed by atoms with Gasteiger partial charge in [-0.15, -0.1) is 0 Å². The molecule has 0 spiro atoms. The van der Waals surface area contributed by atoms with Crippen LogP contribution in [0.25, 0.3) is 0 Å². The lowest BCUT2D eigenvalue weighted by Gasteiger charge is -2.11. The summed E-state index contributed by atoms with van der Waals surface area (Å²) in [7, 11) is 3.52. The number of rotatable bonds is 5. The third-order valence-electron chi connectivity index (χ3n) is 2.91. The molecule has 2 aromatic rings. The van der Waals surface area contributed by atoms with Gasteiger partial charge in [-0.1, -0.05) is 0 Å². The van der Waals surface area contributed by atoms with E-state index in [2.05, 4.69) is 25.6 Å². The lowest BCUT2D eigenvalue weighted by molar-refractivity contribution is 0.366. The summed E-state index contributed by atoms with van der Waals surface area (Å²) in [6.07, 6.45) is 1.50. The van der Waals surface area contributed by atoms with Crippen LogP contribution in [0.3, 0.4) is 0 Å². The number of H-pyrrole nitrogens is 1. The molecule has 0 aromatic carbocycles. The largest absolute Gasteiger partial charge is 0.481 e. The predicted molar refractivity (Wildman–Crippen MR) is 66.1 cm³/mol. The minimum absolute atomic E-state index is 0.0943. The van der Waals surface area contributed by atoms with Gasteiger partial charge in [0, 0.05) is 13.6 Å². The Bertz CT molecular complexity index is 504. The van der Waals surface area contributed by atoms with Crippen LogP contribution in [0, 0.1) is 6.92 Å². The predicted octanol–water partition coefficient (Wildman–Crippen LogP) is 0.706. The van der Waals surface area contributed by atoms with E-state index in [1.807, 2.05) is 20.9 Å². The number of ether oxygens (including phenoxy) is 1. The van der Waals surface area contributed by atoms with Crippen LogP contribution in [0.5, 0.6) is 5.88 Å². The highest BCUT2D eigenvalue weighted by Crippen LogP contribution is 2.21. The number of hydrogen-bond donors (Lipinski definition) is 2. The van der Waals surface area contributed by atoms with Crippen LogP contribution in [-0.2, 0) is 13.6 Å². The third-order valence-corrected chi connectivity index (χ3v) is 2.91. The molecule has 2 N–H and O–H groups in total. The van der Waals surface area contributed by atoms with Gasteiger partial charge in [-0.3, -0.25) is 5.10 Å². The summed E-state index contributed by atoms with van der Waals surface area (Å²) in [6.45, 7) is 4.67. The first-order valence-corrected chi connectivity index (χ1v) is 5.78. The summed E-state index contributed by atoms with van der Waals surface area (Å²) < 4.78 is 7.09. The van der Waals surface area contributed by atoms with Gasteiger partial charge in [0.15, 0.2) is 0 Å². The van der Waals surface area contributed by atoms with Gasteiger partial charge in [0.05, 0.1) is 24.4 Å². The van der Waals surface area contributed by atoms with Crippen LogP contribution in [0.4, 0.5) is 0 Å². The molecule has 0 radical (unpaired) electrons. The smallest absolute Gasteiger partial charge is 0.216 e. The van der Waals surface area contributed by atoms with E-state index in [1.54, 1.807) is 11.8 Å². The van der Waals surface area contributed by atoms with E-state index in [9.17, 15) is 0 Å². The van der Waals surface area contributed by atoms with Crippen molar-refractivity contribution in [3.8, 4) is 5.88 Å². The fraction of sp³-hybridized carbons (Fsp3) is 0.545. The zero-order chi connectivity index (χ0) is 13.1. The lowest BCUT2D eigenvalue weighted by atomic mass is 10.2. The summed E-state index contributed by atoms with van der Waals surface area (Å²) in [4.78, 5) is 4.12. The fourth-order valence-electron chi connectivity index (χ4n) is 1.92. The molecule has 2 heterocycles. The number of nitrogens with zero attached hydrogens (tertiary/aromatic N) is 4. The Labute approximate surface area is 106 Å². The van der Waals surface area contributed by atoms with Crippen molar-refractivity contribution in [2.45, 2.75) is 26.4 Å². The SMILES string of the molecule is COc1c(CNC(C)c2ncn[nH]2)c(C)nn1C. The molecule has 18 heavy (non-hydrogen) atoms. The van der Waals surface area contributed by atoms with Crippen LogP contribution in [0.15, 0.2) is 6.33 Å². The molecule has 7 nitrogen and oxygen atoms in total. The standard InChI is InChI=1S/C11H18N6O/c1-7-9(11(18-4)17(3)16-7)5-12-8(2)10-13-6-14-15-10/h6,8,12H,5H2,1-4H3,(H,13,14,15). The Hall–Kier alpha value is -1.89. The average molecular weight is 250 g/mol. The van der Waals surface area contributed by atoms with Crippen molar-refractivity contribution in [1.29, 1.82) is 0 Å². The second kappa shape index (κ2) is 5.18. The minimum Gasteiger partial charge on any atom is -0.481 e. The van der Waals surface area contributed by atoms with Crippen LogP contribution in [-0.4, -0.2) is 32.1 Å². The van der Waals surface area contributed by atoms with Crippen molar-refractivity contribution in [2.75, 3.05) is 7.11 Å². The maximum absolute atomic E-state index is 5.34. The van der Waals surface area contributed by atoms with Crippen molar-refractivity contribution in [3.63, 3.8) is 0 Å². The highest BCUT2D eigenvalue weighted by Gasteiger charge is 2.15. The summed E-state index contributed by atoms with van der Waals surface area (Å²) in [6, 6.07) is 0.0943. The van der Waals surface area contributed by atoms with Crippen molar-refractivity contribution in [1.82, 2.24) is 30.3 Å². The van der Waals surface area contributed by atoms with E-state index in [-0.39, 0.29) is 6.04 Å². The molecule has 0 aliphatic carbocycles. The van der Waals surface area contributed by atoms with Crippen molar-refractivity contribution >= 4 is 0 Å². The van der Waals surface area contributed by atoms with Gasteiger partial charge in [-0.25, -0.2) is 9.67 Å². The van der Waals surface area contributed by atoms with Gasteiger partial charge in [0.1, 0.15) is 12.2 Å². The Morgan fingerprint density at radius 1 is 1.56 bits per heavy atom. The summed E-state index contributed by atoms with van der Waals surface area (Å²) in [5, 5.41) is 14.4. The Morgan fingerprint density at radius 2 is 2.33 bits per heavy atom. The zero-order valence-electron chi connectivity index (χ0n) is 11.1. The molecule has 0 saturated heterocycles. The lowest BCUT2D eigenvalue weighted by Crippen LogP contribution is -2.19. The molecular weight excluding hydrogens is 232 g/mol. The van der Waals surface area contributed by atoms with E-state index in [1.165, 1.54) is 6.33 Å². The molecule has 98 valence electrons. The molecular formula is C11H18N6O. The van der Waals surface area contributed by atoms with Gasteiger partial charge < -0.3 is 10.1 Å². The third kappa shape index (κ3) is 2.35. The highest BCUT2D eigenvalue weighted by molar-refractivity contribution is 5.30. The Morgan fingerprint density at radius 3 is 2.94 bits per heavy atom. The molecule has 7 heteroatoms. The Balaban J connectivity index is 2.06. The number of hydrogen-bond acceptors (Lipinski definition) is 5. The monoisotopic (exact) mass is 250 g/mol. The maximum Gasteiger partial charge on any atom is 0.216 e. The van der Waals surface area contributed by atoms with Crippen LogP contribution >= 0.6 is 0 Å². The number of methoxy groups -OCH3 is 1. The van der Waals surface area contributed by atoms with Gasteiger partial charge >= 0.3 is 0 Å². The molecule has 0 aliphatic heterocycles. The number of nitrogens with one attached hydrogen (secondary N) is 2. The number of aromatic nitrogens is 5. The minimum atomic E-state index is 0.0943. The summed E-state index contributed by atoms with van der Waals surface area (Å²) >= 11 is 0. The molecule has 0 aliphatic rings. The molecule has 0 bridgehead atoms. The zero-order valence-corrected chi connectivity index (χ0v) is 11.1. The van der Waals surface area contributed by atoms with Crippen LogP contribution in [0.1, 0.15) is 30.0 Å². The van der Waals surface area contributed by atoms with E-state index in [0.717, 1.165) is 23.0 Å². The summed E-state index contributed by atoms with van der Waals surface area (Å²) in [5.74, 6) is 1.60. The average Bonchev–Trinajstić information content (AvgIpc) is 2.94. The first-order valence-electron chi connectivity index (χ1n) is 5.78. The van der Waals surface area contributed by atoms with Crippen molar-refractivity contribution in [2.24, 2.45) is 7.05 Å². The second-order valence-electron chi connectivity index (χ2n) is 4.17. The maximum atomic E-state index is 5.34. The first kappa shape index (κ1) is 12.6. The second-order valence-corrected chi connectivity index (χ2v) is 4.17. The van der Waals surface area contributed by atoms with Gasteiger partial charge in [-0.2, -0.15) is 10.2 Å². The van der Waals surface area contributed by atoms with Crippen LogP contribution < -0.4 is 10.1 Å². The normalized spacial score (nSPS) is 12.7. The van der Waals surface area contributed by atoms with E-state index in [4.69, 9.17) is 4.74 Å². The molecule has 1 atom stereocenters. The highest BCUT2D eigenvalue weighted by atomic mass is 16.5. The fourth-order valence-corrected chi connectivity index (χ4v) is 1.92. The van der Waals surface area contributed by atoms with Crippen molar-refractivity contribution in [3.05, 3.63) is 23.4 Å². The van der Waals surface area contributed by atoms with Gasteiger partial charge in [0.25, 0.3) is 0 Å². The summed E-state index contributed by atoms with van der Waals surface area (Å²) in [5.41, 5.74) is 2.03. The molecule has 1 unspecified atom stereocenters. The number of aryl methyl sites for hydroxylation is 2. The van der Waals surface area contributed by atoms with E-state index in [0.29, 0.717) is 6.54 Å². The molecule has 0 saturated carbocycles. The van der Waals surface area contributed by atoms with Crippen molar-refractivity contribution < 1.29 is 4.74 Å².